The smallest absolute Gasteiger partial charge is 0.210 e. The molecule has 0 spiro atoms. The third-order valence-electron chi connectivity index (χ3n) is 2.11. The van der Waals surface area contributed by atoms with E-state index in [1.165, 1.54) is 27.7 Å². The predicted octanol–water partition coefficient (Wildman–Crippen LogP) is 4.21. The number of alkyl halides is 5. The molecule has 0 N–H and O–H groups in total. The SMILES string of the molecule is CC(C)N(SC(Cl)(Cl)C(F)(Cl)Cl)S(=O)(=O)C(C)(C)C#N. The first kappa shape index (κ1) is 20.8. The molecule has 0 unspecified atom stereocenters. The number of hydrogen-bond donors (Lipinski definition) is 0. The van der Waals surface area contributed by atoms with E-state index in [0.717, 1.165) is 3.71 Å². The fourth-order valence-electron chi connectivity index (χ4n) is 0.879. The molecule has 0 aliphatic heterocycles. The summed E-state index contributed by atoms with van der Waals surface area (Å²) in [6.45, 7) is 5.41. The van der Waals surface area contributed by atoms with Gasteiger partial charge in [0.25, 0.3) is 0 Å². The molecule has 0 aliphatic rings. The molecule has 0 fully saturated rings. The molecule has 0 aromatic heterocycles. The number of rotatable bonds is 6. The zero-order chi connectivity index (χ0) is 16.6. The fraction of sp³-hybridized carbons (Fsp3) is 0.889. The van der Waals surface area contributed by atoms with E-state index in [2.05, 4.69) is 0 Å². The second-order valence-corrected chi connectivity index (χ2v) is 11.4. The van der Waals surface area contributed by atoms with E-state index < -0.39 is 29.1 Å². The summed E-state index contributed by atoms with van der Waals surface area (Å²) < 4.78 is 31.7. The average Bonchev–Trinajstić information content (AvgIpc) is 2.23. The Labute approximate surface area is 142 Å². The van der Waals surface area contributed by atoms with E-state index in [-0.39, 0.29) is 11.9 Å². The molecule has 4 nitrogen and oxygen atoms in total. The lowest BCUT2D eigenvalue weighted by Gasteiger charge is -2.35. The second kappa shape index (κ2) is 6.53. The molecule has 11 heteroatoms. The number of halogens is 5. The van der Waals surface area contributed by atoms with Gasteiger partial charge < -0.3 is 0 Å². The van der Waals surface area contributed by atoms with E-state index >= 15 is 0 Å². The Balaban J connectivity index is 5.71. The monoisotopic (exact) mass is 404 g/mol. The molecule has 0 aromatic carbocycles. The van der Waals surface area contributed by atoms with Crippen LogP contribution >= 0.6 is 58.4 Å². The first-order valence-electron chi connectivity index (χ1n) is 5.19. The summed E-state index contributed by atoms with van der Waals surface area (Å²) in [6, 6.07) is 0.991. The van der Waals surface area contributed by atoms with E-state index in [0.29, 0.717) is 0 Å². The van der Waals surface area contributed by atoms with Crippen LogP contribution in [0.1, 0.15) is 27.7 Å². The van der Waals surface area contributed by atoms with Crippen LogP contribution in [0.15, 0.2) is 0 Å². The zero-order valence-corrected chi connectivity index (χ0v) is 15.7. The van der Waals surface area contributed by atoms with Gasteiger partial charge >= 0.3 is 4.59 Å². The van der Waals surface area contributed by atoms with Crippen LogP contribution in [0.25, 0.3) is 0 Å². The summed E-state index contributed by atoms with van der Waals surface area (Å²) in [5.74, 6) is 0. The summed E-state index contributed by atoms with van der Waals surface area (Å²) in [7, 11) is -4.16. The summed E-state index contributed by atoms with van der Waals surface area (Å²) >= 11 is 21.9. The minimum absolute atomic E-state index is 0.197. The minimum Gasteiger partial charge on any atom is -0.210 e. The van der Waals surface area contributed by atoms with Crippen molar-refractivity contribution < 1.29 is 12.8 Å². The van der Waals surface area contributed by atoms with Crippen molar-refractivity contribution in [3.8, 4) is 6.07 Å². The van der Waals surface area contributed by atoms with E-state index in [9.17, 15) is 12.8 Å². The number of nitriles is 1. The quantitative estimate of drug-likeness (QED) is 0.490. The fourth-order valence-corrected chi connectivity index (χ4v) is 4.73. The highest BCUT2D eigenvalue weighted by Gasteiger charge is 2.54. The van der Waals surface area contributed by atoms with Crippen LogP contribution in [0, 0.1) is 11.3 Å². The lowest BCUT2D eigenvalue weighted by atomic mass is 10.2. The molecule has 0 heterocycles. The highest BCUT2D eigenvalue weighted by atomic mass is 35.5. The molecule has 0 saturated carbocycles. The average molecular weight is 406 g/mol. The summed E-state index contributed by atoms with van der Waals surface area (Å²) in [5.41, 5.74) is 0. The van der Waals surface area contributed by atoms with Crippen molar-refractivity contribution in [2.45, 2.75) is 46.7 Å². The van der Waals surface area contributed by atoms with Gasteiger partial charge in [-0.2, -0.15) is 5.26 Å². The van der Waals surface area contributed by atoms with Crippen LogP contribution < -0.4 is 0 Å². The summed E-state index contributed by atoms with van der Waals surface area (Å²) in [4.78, 5) is 0. The van der Waals surface area contributed by atoms with Gasteiger partial charge in [0, 0.05) is 6.04 Å². The molecular formula is C9H13Cl4FN2O2S2. The Kier molecular flexibility index (Phi) is 6.80. The zero-order valence-electron chi connectivity index (χ0n) is 11.0. The molecule has 0 amide bonds. The van der Waals surface area contributed by atoms with Crippen molar-refractivity contribution in [2.75, 3.05) is 0 Å². The molecule has 0 aliphatic carbocycles. The van der Waals surface area contributed by atoms with E-state index in [1.54, 1.807) is 6.07 Å². The largest absolute Gasteiger partial charge is 0.301 e. The maximum Gasteiger partial charge on any atom is 0.301 e. The van der Waals surface area contributed by atoms with Crippen LogP contribution in [0.4, 0.5) is 4.39 Å². The Morgan fingerprint density at radius 1 is 1.25 bits per heavy atom. The van der Waals surface area contributed by atoms with Crippen LogP contribution in [0.3, 0.4) is 0 Å². The first-order valence-corrected chi connectivity index (χ1v) is 8.91. The van der Waals surface area contributed by atoms with Gasteiger partial charge in [0.15, 0.2) is 4.75 Å². The summed E-state index contributed by atoms with van der Waals surface area (Å²) in [6.07, 6.45) is 0. The molecule has 0 aromatic rings. The number of hydrogen-bond acceptors (Lipinski definition) is 4. The predicted molar refractivity (Wildman–Crippen MR) is 83.2 cm³/mol. The Morgan fingerprint density at radius 3 is 1.90 bits per heavy atom. The lowest BCUT2D eigenvalue weighted by molar-refractivity contribution is 0.396. The molecule has 0 rings (SSSR count). The topological polar surface area (TPSA) is 61.2 Å². The van der Waals surface area contributed by atoms with Crippen LogP contribution in [0.2, 0.25) is 0 Å². The first-order chi connectivity index (χ1) is 8.60. The van der Waals surface area contributed by atoms with Gasteiger partial charge in [-0.25, -0.2) is 12.8 Å². The molecule has 0 bridgehead atoms. The molecule has 0 atom stereocenters. The lowest BCUT2D eigenvalue weighted by Crippen LogP contribution is -2.46. The van der Waals surface area contributed by atoms with Gasteiger partial charge in [0.05, 0.1) is 6.07 Å². The molecule has 0 saturated heterocycles. The van der Waals surface area contributed by atoms with Crippen LogP contribution in [-0.2, 0) is 10.0 Å². The highest BCUT2D eigenvalue weighted by Crippen LogP contribution is 2.54. The van der Waals surface area contributed by atoms with Crippen molar-refractivity contribution >= 4 is 68.4 Å². The van der Waals surface area contributed by atoms with Crippen LogP contribution in [0.5, 0.6) is 0 Å². The van der Waals surface area contributed by atoms with Gasteiger partial charge in [-0.05, 0) is 39.6 Å². The van der Waals surface area contributed by atoms with Crippen molar-refractivity contribution in [1.82, 2.24) is 3.71 Å². The Bertz CT molecular complexity index is 497. The Morgan fingerprint density at radius 2 is 1.65 bits per heavy atom. The van der Waals surface area contributed by atoms with Crippen molar-refractivity contribution in [3.05, 3.63) is 0 Å². The van der Waals surface area contributed by atoms with E-state index in [1.807, 2.05) is 0 Å². The van der Waals surface area contributed by atoms with Gasteiger partial charge in [-0.15, -0.1) is 3.71 Å². The normalized spacial score (nSPS) is 14.7. The molecule has 20 heavy (non-hydrogen) atoms. The second-order valence-electron chi connectivity index (χ2n) is 4.58. The Hall–Kier alpha value is 0.840. The summed E-state index contributed by atoms with van der Waals surface area (Å²) in [5, 5.41) is 8.96. The maximum atomic E-state index is 13.5. The molecular weight excluding hydrogens is 393 g/mol. The van der Waals surface area contributed by atoms with Gasteiger partial charge in [0.1, 0.15) is 0 Å². The third kappa shape index (κ3) is 4.42. The highest BCUT2D eigenvalue weighted by molar-refractivity contribution is 8.11. The molecule has 0 radical (unpaired) electrons. The van der Waals surface area contributed by atoms with Crippen molar-refractivity contribution in [1.29, 1.82) is 5.26 Å². The van der Waals surface area contributed by atoms with Crippen LogP contribution in [-0.4, -0.2) is 31.2 Å². The standard InChI is InChI=1S/C9H13Cl4FN2O2S2/c1-6(2)16(19-9(12,13)8(10,11)14)20(17,18)7(3,4)5-15/h6H,1-4H3. The number of nitrogens with zero attached hydrogens (tertiary/aromatic N) is 2. The van der Waals surface area contributed by atoms with Gasteiger partial charge in [0.2, 0.25) is 13.7 Å². The minimum atomic E-state index is -4.16. The third-order valence-corrected chi connectivity index (χ3v) is 8.42. The van der Waals surface area contributed by atoms with Crippen molar-refractivity contribution in [2.24, 2.45) is 0 Å². The van der Waals surface area contributed by atoms with Gasteiger partial charge in [-0.1, -0.05) is 46.4 Å². The molecule has 118 valence electrons. The van der Waals surface area contributed by atoms with Crippen molar-refractivity contribution in [3.63, 3.8) is 0 Å². The number of sulfonamides is 1. The van der Waals surface area contributed by atoms with Gasteiger partial charge in [-0.3, -0.25) is 0 Å². The maximum absolute atomic E-state index is 13.5. The van der Waals surface area contributed by atoms with E-state index in [4.69, 9.17) is 51.7 Å².